The maximum atomic E-state index is 10.5. The van der Waals surface area contributed by atoms with Gasteiger partial charge < -0.3 is 9.84 Å². The lowest BCUT2D eigenvalue weighted by molar-refractivity contribution is -0.140. The molecule has 0 aromatic rings. The third-order valence-electron chi connectivity index (χ3n) is 1.55. The molecule has 0 amide bonds. The highest BCUT2D eigenvalue weighted by molar-refractivity contribution is 7.99. The van der Waals surface area contributed by atoms with Crippen molar-refractivity contribution in [1.29, 1.82) is 0 Å². The minimum atomic E-state index is -0.728. The Bertz CT molecular complexity index is 175. The second kappa shape index (κ2) is 6.30. The molecule has 0 fully saturated rings. The molecule has 0 aliphatic rings. The van der Waals surface area contributed by atoms with Gasteiger partial charge in [-0.2, -0.15) is 11.8 Å². The molecule has 0 aromatic carbocycles. The maximum Gasteiger partial charge on any atom is 0.307 e. The van der Waals surface area contributed by atoms with E-state index in [9.17, 15) is 4.79 Å². The fourth-order valence-electron chi connectivity index (χ4n) is 0.738. The van der Waals surface area contributed by atoms with Crippen molar-refractivity contribution < 1.29 is 14.6 Å². The van der Waals surface area contributed by atoms with E-state index in [1.807, 2.05) is 20.8 Å². The van der Waals surface area contributed by atoms with Gasteiger partial charge >= 0.3 is 5.97 Å². The van der Waals surface area contributed by atoms with Crippen LogP contribution in [0.3, 0.4) is 0 Å². The van der Waals surface area contributed by atoms with E-state index in [1.54, 1.807) is 18.7 Å². The lowest BCUT2D eigenvalue weighted by Gasteiger charge is -2.19. The van der Waals surface area contributed by atoms with Crippen LogP contribution < -0.4 is 0 Å². The van der Waals surface area contributed by atoms with Gasteiger partial charge in [-0.3, -0.25) is 4.79 Å². The van der Waals surface area contributed by atoms with Gasteiger partial charge in [0.15, 0.2) is 0 Å². The summed E-state index contributed by atoms with van der Waals surface area (Å²) in [6, 6.07) is 0. The first kappa shape index (κ1) is 13.8. The van der Waals surface area contributed by atoms with Gasteiger partial charge in [0, 0.05) is 11.5 Å². The molecule has 0 bridgehead atoms. The van der Waals surface area contributed by atoms with E-state index >= 15 is 0 Å². The lowest BCUT2D eigenvalue weighted by atomic mass is 10.2. The third kappa shape index (κ3) is 8.38. The van der Waals surface area contributed by atoms with Crippen LogP contribution in [0.5, 0.6) is 0 Å². The van der Waals surface area contributed by atoms with Crippen molar-refractivity contribution in [3.63, 3.8) is 0 Å². The van der Waals surface area contributed by atoms with Crippen molar-refractivity contribution in [2.24, 2.45) is 5.92 Å². The molecule has 1 unspecified atom stereocenters. The first-order chi connectivity index (χ1) is 6.33. The van der Waals surface area contributed by atoms with Gasteiger partial charge in [0.1, 0.15) is 0 Å². The van der Waals surface area contributed by atoms with Crippen molar-refractivity contribution >= 4 is 17.7 Å². The Morgan fingerprint density at radius 3 is 2.50 bits per heavy atom. The molecule has 3 nitrogen and oxygen atoms in total. The highest BCUT2D eigenvalue weighted by Gasteiger charge is 2.11. The molecule has 4 heteroatoms. The van der Waals surface area contributed by atoms with Gasteiger partial charge in [-0.1, -0.05) is 6.92 Å². The zero-order valence-electron chi connectivity index (χ0n) is 9.37. The molecule has 0 rings (SSSR count). The van der Waals surface area contributed by atoms with Crippen LogP contribution in [0.4, 0.5) is 0 Å². The fraction of sp³-hybridized carbons (Fsp3) is 0.900. The minimum absolute atomic E-state index is 0.0982. The molecule has 0 aliphatic carbocycles. The smallest absolute Gasteiger partial charge is 0.307 e. The highest BCUT2D eigenvalue weighted by atomic mass is 32.2. The highest BCUT2D eigenvalue weighted by Crippen LogP contribution is 2.11. The van der Waals surface area contributed by atoms with E-state index in [0.717, 1.165) is 5.75 Å². The predicted molar refractivity (Wildman–Crippen MR) is 59.8 cm³/mol. The van der Waals surface area contributed by atoms with Crippen molar-refractivity contribution in [2.45, 2.75) is 33.3 Å². The molecule has 84 valence electrons. The van der Waals surface area contributed by atoms with Gasteiger partial charge in [-0.25, -0.2) is 0 Å². The molecule has 0 spiro atoms. The molecule has 0 saturated carbocycles. The molecule has 0 aliphatic heterocycles. The van der Waals surface area contributed by atoms with E-state index in [2.05, 4.69) is 0 Å². The first-order valence-corrected chi connectivity index (χ1v) is 5.93. The Labute approximate surface area is 90.2 Å². The maximum absolute atomic E-state index is 10.5. The summed E-state index contributed by atoms with van der Waals surface area (Å²) in [6.45, 7) is 8.44. The lowest BCUT2D eigenvalue weighted by Crippen LogP contribution is -2.21. The molecular formula is C10H20O3S. The SMILES string of the molecule is CC(CSCCOC(C)(C)C)C(=O)O. The molecule has 0 aromatic heterocycles. The van der Waals surface area contributed by atoms with Crippen LogP contribution in [0.25, 0.3) is 0 Å². The molecule has 1 N–H and O–H groups in total. The van der Waals surface area contributed by atoms with Crippen LogP contribution in [0.2, 0.25) is 0 Å². The van der Waals surface area contributed by atoms with Gasteiger partial charge in [-0.05, 0) is 20.8 Å². The molecular weight excluding hydrogens is 200 g/mol. The van der Waals surface area contributed by atoms with Crippen molar-refractivity contribution in [3.8, 4) is 0 Å². The second-order valence-electron chi connectivity index (χ2n) is 4.28. The summed E-state index contributed by atoms with van der Waals surface area (Å²) in [4.78, 5) is 10.5. The van der Waals surface area contributed by atoms with E-state index in [1.165, 1.54) is 0 Å². The normalized spacial score (nSPS) is 14.0. The summed E-state index contributed by atoms with van der Waals surface area (Å²) in [5.74, 6) is 0.515. The number of ether oxygens (including phenoxy) is 1. The first-order valence-electron chi connectivity index (χ1n) is 4.77. The number of carboxylic acid groups (broad SMARTS) is 1. The Hall–Kier alpha value is -0.220. The Morgan fingerprint density at radius 2 is 2.07 bits per heavy atom. The molecule has 0 saturated heterocycles. The Kier molecular flexibility index (Phi) is 6.20. The summed E-state index contributed by atoms with van der Waals surface area (Å²) in [6.07, 6.45) is 0. The van der Waals surface area contributed by atoms with Crippen molar-refractivity contribution in [3.05, 3.63) is 0 Å². The second-order valence-corrected chi connectivity index (χ2v) is 5.42. The van der Waals surface area contributed by atoms with Gasteiger partial charge in [-0.15, -0.1) is 0 Å². The summed E-state index contributed by atoms with van der Waals surface area (Å²) in [7, 11) is 0. The van der Waals surface area contributed by atoms with E-state index in [4.69, 9.17) is 9.84 Å². The Balaban J connectivity index is 3.35. The monoisotopic (exact) mass is 220 g/mol. The number of carboxylic acids is 1. The summed E-state index contributed by atoms with van der Waals surface area (Å²) in [5.41, 5.74) is -0.0982. The molecule has 0 radical (unpaired) electrons. The van der Waals surface area contributed by atoms with E-state index in [-0.39, 0.29) is 11.5 Å². The van der Waals surface area contributed by atoms with Gasteiger partial charge in [0.2, 0.25) is 0 Å². The number of aliphatic carboxylic acids is 1. The quantitative estimate of drug-likeness (QED) is 0.697. The van der Waals surface area contributed by atoms with Crippen LogP contribution in [0.1, 0.15) is 27.7 Å². The van der Waals surface area contributed by atoms with Crippen molar-refractivity contribution in [1.82, 2.24) is 0 Å². The average molecular weight is 220 g/mol. The number of hydrogen-bond donors (Lipinski definition) is 1. The van der Waals surface area contributed by atoms with Crippen molar-refractivity contribution in [2.75, 3.05) is 18.1 Å². The topological polar surface area (TPSA) is 46.5 Å². The van der Waals surface area contributed by atoms with Gasteiger partial charge in [0.25, 0.3) is 0 Å². The summed E-state index contributed by atoms with van der Waals surface area (Å²) >= 11 is 1.62. The van der Waals surface area contributed by atoms with E-state index in [0.29, 0.717) is 12.4 Å². The minimum Gasteiger partial charge on any atom is -0.481 e. The van der Waals surface area contributed by atoms with Crippen LogP contribution in [0, 0.1) is 5.92 Å². The summed E-state index contributed by atoms with van der Waals surface area (Å²) in [5, 5.41) is 8.62. The van der Waals surface area contributed by atoms with Crippen LogP contribution in [-0.2, 0) is 9.53 Å². The molecule has 0 heterocycles. The zero-order valence-corrected chi connectivity index (χ0v) is 10.2. The zero-order chi connectivity index (χ0) is 11.2. The largest absolute Gasteiger partial charge is 0.481 e. The molecule has 1 atom stereocenters. The average Bonchev–Trinajstić information content (AvgIpc) is 2.01. The van der Waals surface area contributed by atoms with Crippen LogP contribution in [0.15, 0.2) is 0 Å². The Morgan fingerprint density at radius 1 is 1.50 bits per heavy atom. The number of hydrogen-bond acceptors (Lipinski definition) is 3. The number of rotatable bonds is 6. The number of thioether (sulfide) groups is 1. The van der Waals surface area contributed by atoms with Crippen LogP contribution in [-0.4, -0.2) is 34.8 Å². The fourth-order valence-corrected chi connectivity index (χ4v) is 1.60. The van der Waals surface area contributed by atoms with E-state index < -0.39 is 5.97 Å². The van der Waals surface area contributed by atoms with Crippen LogP contribution >= 0.6 is 11.8 Å². The molecule has 14 heavy (non-hydrogen) atoms. The standard InChI is InChI=1S/C10H20O3S/c1-8(9(11)12)7-14-6-5-13-10(2,3)4/h8H,5-7H2,1-4H3,(H,11,12). The van der Waals surface area contributed by atoms with Gasteiger partial charge in [0.05, 0.1) is 18.1 Å². The number of carbonyl (C=O) groups is 1. The predicted octanol–water partition coefficient (Wildman–Crippen LogP) is 2.26. The third-order valence-corrected chi connectivity index (χ3v) is 2.74. The summed E-state index contributed by atoms with van der Waals surface area (Å²) < 4.78 is 5.50.